The van der Waals surface area contributed by atoms with E-state index in [1.165, 1.54) is 30.6 Å². The first-order valence-corrected chi connectivity index (χ1v) is 8.99. The van der Waals surface area contributed by atoms with Gasteiger partial charge in [0.05, 0.1) is 0 Å². The van der Waals surface area contributed by atoms with Crippen LogP contribution in [-0.4, -0.2) is 23.5 Å². The smallest absolute Gasteiger partial charge is 0.0366 e. The highest BCUT2D eigenvalue weighted by atomic mass is 32.1. The molecule has 1 saturated carbocycles. The minimum atomic E-state index is 0.213. The van der Waals surface area contributed by atoms with Crippen molar-refractivity contribution in [2.24, 2.45) is 17.6 Å². The van der Waals surface area contributed by atoms with E-state index >= 15 is 0 Å². The number of nitrogens with two attached hydrogens (primary N) is 1. The monoisotopic (exact) mass is 294 g/mol. The minimum Gasteiger partial charge on any atom is -0.329 e. The second-order valence-corrected chi connectivity index (χ2v) is 7.53. The Morgan fingerprint density at radius 1 is 1.45 bits per heavy atom. The third kappa shape index (κ3) is 3.10. The summed E-state index contributed by atoms with van der Waals surface area (Å²) in [6, 6.07) is 4.41. The number of nitrogens with zero attached hydrogens (tertiary/aromatic N) is 1. The summed E-state index contributed by atoms with van der Waals surface area (Å²) in [6.45, 7) is 10.00. The van der Waals surface area contributed by atoms with Crippen molar-refractivity contribution in [3.8, 4) is 0 Å². The Balaban J connectivity index is 2.25. The Labute approximate surface area is 128 Å². The van der Waals surface area contributed by atoms with E-state index in [4.69, 9.17) is 5.73 Å². The molecule has 0 saturated heterocycles. The Kier molecular flexibility index (Phi) is 5.65. The Bertz CT molecular complexity index is 388. The zero-order chi connectivity index (χ0) is 14.6. The van der Waals surface area contributed by atoms with Gasteiger partial charge in [-0.25, -0.2) is 0 Å². The molecule has 0 aliphatic heterocycles. The fourth-order valence-electron chi connectivity index (χ4n) is 4.15. The van der Waals surface area contributed by atoms with Crippen LogP contribution in [0.15, 0.2) is 17.5 Å². The molecular formula is C17H30N2S. The summed E-state index contributed by atoms with van der Waals surface area (Å²) in [5.41, 5.74) is 6.55. The van der Waals surface area contributed by atoms with E-state index in [2.05, 4.69) is 43.2 Å². The summed E-state index contributed by atoms with van der Waals surface area (Å²) < 4.78 is 0. The van der Waals surface area contributed by atoms with Crippen molar-refractivity contribution in [2.75, 3.05) is 13.1 Å². The Morgan fingerprint density at radius 2 is 2.25 bits per heavy atom. The van der Waals surface area contributed by atoms with Gasteiger partial charge in [0, 0.05) is 23.5 Å². The van der Waals surface area contributed by atoms with Gasteiger partial charge in [-0.05, 0) is 42.7 Å². The Morgan fingerprint density at radius 3 is 2.80 bits per heavy atom. The quantitative estimate of drug-likeness (QED) is 0.855. The van der Waals surface area contributed by atoms with Gasteiger partial charge in [0.25, 0.3) is 0 Å². The fourth-order valence-corrected chi connectivity index (χ4v) is 4.87. The summed E-state index contributed by atoms with van der Waals surface area (Å²) >= 11 is 1.87. The van der Waals surface area contributed by atoms with Gasteiger partial charge in [-0.1, -0.05) is 39.7 Å². The Hall–Kier alpha value is -0.380. The van der Waals surface area contributed by atoms with Gasteiger partial charge in [-0.15, -0.1) is 11.3 Å². The molecule has 2 atom stereocenters. The molecular weight excluding hydrogens is 264 g/mol. The molecule has 0 aromatic carbocycles. The average Bonchev–Trinajstić information content (AvgIpc) is 2.97. The topological polar surface area (TPSA) is 29.3 Å². The lowest BCUT2D eigenvalue weighted by molar-refractivity contribution is -0.0158. The molecule has 114 valence electrons. The van der Waals surface area contributed by atoms with Crippen molar-refractivity contribution in [2.45, 2.75) is 58.5 Å². The third-order valence-corrected chi connectivity index (χ3v) is 6.02. The average molecular weight is 295 g/mol. The van der Waals surface area contributed by atoms with Crippen LogP contribution in [0.4, 0.5) is 0 Å². The molecule has 20 heavy (non-hydrogen) atoms. The SMILES string of the molecule is CCN(Cc1cccs1)C1(CN)CCCCC1C(C)C. The van der Waals surface area contributed by atoms with E-state index < -0.39 is 0 Å². The molecule has 1 aromatic rings. The van der Waals surface area contributed by atoms with E-state index in [9.17, 15) is 0 Å². The summed E-state index contributed by atoms with van der Waals surface area (Å²) in [7, 11) is 0. The van der Waals surface area contributed by atoms with Gasteiger partial charge >= 0.3 is 0 Å². The number of thiophene rings is 1. The maximum atomic E-state index is 6.33. The van der Waals surface area contributed by atoms with E-state index in [0.717, 1.165) is 31.5 Å². The van der Waals surface area contributed by atoms with Crippen molar-refractivity contribution in [3.63, 3.8) is 0 Å². The molecule has 1 aromatic heterocycles. The molecule has 1 fully saturated rings. The van der Waals surface area contributed by atoms with Crippen LogP contribution in [0, 0.1) is 11.8 Å². The lowest BCUT2D eigenvalue weighted by Gasteiger charge is -2.52. The van der Waals surface area contributed by atoms with Crippen molar-refractivity contribution in [1.82, 2.24) is 4.90 Å². The number of hydrogen-bond acceptors (Lipinski definition) is 3. The maximum Gasteiger partial charge on any atom is 0.0366 e. The van der Waals surface area contributed by atoms with Crippen LogP contribution in [0.1, 0.15) is 51.3 Å². The summed E-state index contributed by atoms with van der Waals surface area (Å²) in [6.07, 6.45) is 5.32. The number of rotatable bonds is 6. The molecule has 3 heteroatoms. The van der Waals surface area contributed by atoms with E-state index in [1.54, 1.807) is 0 Å². The maximum absolute atomic E-state index is 6.33. The highest BCUT2D eigenvalue weighted by molar-refractivity contribution is 7.09. The fraction of sp³-hybridized carbons (Fsp3) is 0.765. The molecule has 2 N–H and O–H groups in total. The highest BCUT2D eigenvalue weighted by Gasteiger charge is 2.44. The minimum absolute atomic E-state index is 0.213. The molecule has 2 rings (SSSR count). The van der Waals surface area contributed by atoms with Crippen LogP contribution < -0.4 is 5.73 Å². The van der Waals surface area contributed by atoms with Gasteiger partial charge < -0.3 is 5.73 Å². The lowest BCUT2D eigenvalue weighted by Crippen LogP contribution is -2.60. The second kappa shape index (κ2) is 7.06. The van der Waals surface area contributed by atoms with Gasteiger partial charge in [0.1, 0.15) is 0 Å². The van der Waals surface area contributed by atoms with Crippen LogP contribution in [0.3, 0.4) is 0 Å². The van der Waals surface area contributed by atoms with E-state index in [0.29, 0.717) is 0 Å². The van der Waals surface area contributed by atoms with Crippen molar-refractivity contribution in [3.05, 3.63) is 22.4 Å². The number of hydrogen-bond donors (Lipinski definition) is 1. The molecule has 1 heterocycles. The summed E-state index contributed by atoms with van der Waals surface area (Å²) in [5.74, 6) is 1.46. The summed E-state index contributed by atoms with van der Waals surface area (Å²) in [5, 5.41) is 2.18. The molecule has 0 spiro atoms. The van der Waals surface area contributed by atoms with Gasteiger partial charge in [0.15, 0.2) is 0 Å². The molecule has 1 aliphatic rings. The van der Waals surface area contributed by atoms with E-state index in [1.807, 2.05) is 11.3 Å². The first-order chi connectivity index (χ1) is 9.64. The molecule has 0 radical (unpaired) electrons. The lowest BCUT2D eigenvalue weighted by atomic mass is 9.67. The van der Waals surface area contributed by atoms with Crippen molar-refractivity contribution < 1.29 is 0 Å². The second-order valence-electron chi connectivity index (χ2n) is 6.50. The number of likely N-dealkylation sites (N-methyl/N-ethyl adjacent to an activating group) is 1. The van der Waals surface area contributed by atoms with E-state index in [-0.39, 0.29) is 5.54 Å². The summed E-state index contributed by atoms with van der Waals surface area (Å²) in [4.78, 5) is 4.13. The molecule has 0 bridgehead atoms. The van der Waals surface area contributed by atoms with Crippen molar-refractivity contribution >= 4 is 11.3 Å². The van der Waals surface area contributed by atoms with Crippen LogP contribution in [0.25, 0.3) is 0 Å². The largest absolute Gasteiger partial charge is 0.329 e. The van der Waals surface area contributed by atoms with Crippen LogP contribution in [0.2, 0.25) is 0 Å². The van der Waals surface area contributed by atoms with Crippen LogP contribution in [0.5, 0.6) is 0 Å². The van der Waals surface area contributed by atoms with Gasteiger partial charge in [-0.3, -0.25) is 4.90 Å². The van der Waals surface area contributed by atoms with Gasteiger partial charge in [0.2, 0.25) is 0 Å². The zero-order valence-corrected chi connectivity index (χ0v) is 14.1. The predicted octanol–water partition coefficient (Wildman–Crippen LogP) is 4.11. The van der Waals surface area contributed by atoms with Crippen LogP contribution in [-0.2, 0) is 6.54 Å². The highest BCUT2D eigenvalue weighted by Crippen LogP contribution is 2.42. The third-order valence-electron chi connectivity index (χ3n) is 5.16. The molecule has 1 aliphatic carbocycles. The normalized spacial score (nSPS) is 27.4. The predicted molar refractivity (Wildman–Crippen MR) is 89.0 cm³/mol. The van der Waals surface area contributed by atoms with Gasteiger partial charge in [-0.2, -0.15) is 0 Å². The van der Waals surface area contributed by atoms with Crippen LogP contribution >= 0.6 is 11.3 Å². The molecule has 0 amide bonds. The first-order valence-electron chi connectivity index (χ1n) is 8.11. The standard InChI is InChI=1S/C17H30N2S/c1-4-19(12-15-8-7-11-20-15)17(13-18)10-6-5-9-16(17)14(2)3/h7-8,11,14,16H,4-6,9-10,12-13,18H2,1-3H3. The molecule has 2 unspecified atom stereocenters. The molecule has 2 nitrogen and oxygen atoms in total. The first kappa shape index (κ1) is 16.0. The zero-order valence-electron chi connectivity index (χ0n) is 13.3. The van der Waals surface area contributed by atoms with Crippen molar-refractivity contribution in [1.29, 1.82) is 0 Å².